The highest BCUT2D eigenvalue weighted by Crippen LogP contribution is 2.24. The van der Waals surface area contributed by atoms with Crippen LogP contribution in [-0.4, -0.2) is 31.2 Å². The number of nitro benzene ring substituents is 1. The second-order valence-electron chi connectivity index (χ2n) is 7.54. The Morgan fingerprint density at radius 2 is 1.62 bits per heavy atom. The Balaban J connectivity index is 1.72. The fourth-order valence-corrected chi connectivity index (χ4v) is 4.19. The zero-order valence-electron chi connectivity index (χ0n) is 17.9. The summed E-state index contributed by atoms with van der Waals surface area (Å²) in [5.41, 5.74) is 2.89. The maximum Gasteiger partial charge on any atom is 0.273 e. The number of amides is 1. The first kappa shape index (κ1) is 23.0. The van der Waals surface area contributed by atoms with Crippen LogP contribution >= 0.6 is 0 Å². The molecule has 32 heavy (non-hydrogen) atoms. The molecule has 0 unspecified atom stereocenters. The van der Waals surface area contributed by atoms with Crippen molar-refractivity contribution in [3.63, 3.8) is 0 Å². The van der Waals surface area contributed by atoms with E-state index in [4.69, 9.17) is 0 Å². The fourth-order valence-electron chi connectivity index (χ4n) is 3.11. The molecule has 0 aromatic heterocycles. The minimum absolute atomic E-state index is 0.200. The molecule has 3 aromatic carbocycles. The SMILES string of the molecule is Cc1ccc(CN(C)C(=O)c2ccc(NS(=O)(=O)c3ccc(C)c([N+](=O)[O-])c3)cc2)cc1. The summed E-state index contributed by atoms with van der Waals surface area (Å²) in [7, 11) is -2.33. The molecule has 0 bridgehead atoms. The Labute approximate surface area is 186 Å². The lowest BCUT2D eigenvalue weighted by Crippen LogP contribution is -2.26. The molecule has 0 aliphatic carbocycles. The van der Waals surface area contributed by atoms with E-state index < -0.39 is 14.9 Å². The van der Waals surface area contributed by atoms with Crippen LogP contribution in [0.5, 0.6) is 0 Å². The average molecular weight is 454 g/mol. The standard InChI is InChI=1S/C23H23N3O5S/c1-16-4-7-18(8-5-16)15-25(3)23(27)19-9-11-20(12-10-19)24-32(30,31)21-13-6-17(2)22(14-21)26(28)29/h4-14,24H,15H2,1-3H3. The molecule has 0 saturated heterocycles. The number of hydrogen-bond acceptors (Lipinski definition) is 5. The van der Waals surface area contributed by atoms with Crippen LogP contribution in [0.2, 0.25) is 0 Å². The van der Waals surface area contributed by atoms with E-state index >= 15 is 0 Å². The minimum Gasteiger partial charge on any atom is -0.337 e. The fraction of sp³-hybridized carbons (Fsp3) is 0.174. The van der Waals surface area contributed by atoms with Crippen LogP contribution in [0.3, 0.4) is 0 Å². The summed E-state index contributed by atoms with van der Waals surface area (Å²) in [6.45, 7) is 3.97. The highest BCUT2D eigenvalue weighted by Gasteiger charge is 2.20. The van der Waals surface area contributed by atoms with Gasteiger partial charge in [-0.2, -0.15) is 0 Å². The van der Waals surface area contributed by atoms with Gasteiger partial charge < -0.3 is 4.90 Å². The number of nitrogens with one attached hydrogen (secondary N) is 1. The van der Waals surface area contributed by atoms with Crippen molar-refractivity contribution in [2.45, 2.75) is 25.3 Å². The van der Waals surface area contributed by atoms with Crippen LogP contribution < -0.4 is 4.72 Å². The van der Waals surface area contributed by atoms with Gasteiger partial charge in [0, 0.05) is 36.5 Å². The molecule has 0 spiro atoms. The summed E-state index contributed by atoms with van der Waals surface area (Å²) in [4.78, 5) is 24.5. The van der Waals surface area contributed by atoms with Gasteiger partial charge in [0.05, 0.1) is 9.82 Å². The van der Waals surface area contributed by atoms with E-state index in [1.807, 2.05) is 31.2 Å². The lowest BCUT2D eigenvalue weighted by molar-refractivity contribution is -0.385. The zero-order valence-corrected chi connectivity index (χ0v) is 18.7. The number of carbonyl (C=O) groups excluding carboxylic acids is 1. The molecule has 9 heteroatoms. The lowest BCUT2D eigenvalue weighted by Gasteiger charge is -2.18. The number of sulfonamides is 1. The third-order valence-electron chi connectivity index (χ3n) is 4.96. The molecule has 0 heterocycles. The number of anilines is 1. The van der Waals surface area contributed by atoms with Crippen LogP contribution in [0.1, 0.15) is 27.0 Å². The summed E-state index contributed by atoms with van der Waals surface area (Å²) in [6, 6.07) is 17.6. The predicted octanol–water partition coefficient (Wildman–Crippen LogP) is 4.28. The van der Waals surface area contributed by atoms with Crippen molar-refractivity contribution in [2.24, 2.45) is 0 Å². The maximum atomic E-state index is 12.7. The van der Waals surface area contributed by atoms with Gasteiger partial charge in [-0.15, -0.1) is 0 Å². The van der Waals surface area contributed by atoms with E-state index in [0.717, 1.165) is 17.2 Å². The van der Waals surface area contributed by atoms with Gasteiger partial charge in [0.1, 0.15) is 0 Å². The molecule has 3 rings (SSSR count). The molecule has 0 atom stereocenters. The summed E-state index contributed by atoms with van der Waals surface area (Å²) in [6.07, 6.45) is 0. The van der Waals surface area contributed by atoms with Gasteiger partial charge in [-0.3, -0.25) is 19.6 Å². The van der Waals surface area contributed by atoms with Crippen LogP contribution in [0, 0.1) is 24.0 Å². The molecule has 0 aliphatic rings. The molecule has 1 amide bonds. The predicted molar refractivity (Wildman–Crippen MR) is 122 cm³/mol. The second-order valence-corrected chi connectivity index (χ2v) is 9.22. The van der Waals surface area contributed by atoms with Gasteiger partial charge in [0.15, 0.2) is 0 Å². The van der Waals surface area contributed by atoms with Crippen molar-refractivity contribution in [1.29, 1.82) is 0 Å². The van der Waals surface area contributed by atoms with E-state index in [-0.39, 0.29) is 22.2 Å². The largest absolute Gasteiger partial charge is 0.337 e. The third kappa shape index (κ3) is 5.30. The molecule has 8 nitrogen and oxygen atoms in total. The van der Waals surface area contributed by atoms with Crippen LogP contribution in [0.25, 0.3) is 0 Å². The summed E-state index contributed by atoms with van der Waals surface area (Å²) in [5, 5.41) is 11.1. The molecule has 0 aliphatic heterocycles. The molecule has 1 N–H and O–H groups in total. The van der Waals surface area contributed by atoms with Crippen molar-refractivity contribution in [3.8, 4) is 0 Å². The van der Waals surface area contributed by atoms with Gasteiger partial charge in [0.2, 0.25) is 0 Å². The second kappa shape index (κ2) is 9.19. The molecule has 0 fully saturated rings. The first-order valence-electron chi connectivity index (χ1n) is 9.76. The highest BCUT2D eigenvalue weighted by atomic mass is 32.2. The number of aryl methyl sites for hydroxylation is 2. The number of nitro groups is 1. The normalized spacial score (nSPS) is 11.1. The van der Waals surface area contributed by atoms with Crippen molar-refractivity contribution >= 4 is 27.3 Å². The Morgan fingerprint density at radius 3 is 2.22 bits per heavy atom. The minimum atomic E-state index is -4.03. The van der Waals surface area contributed by atoms with E-state index in [1.54, 1.807) is 11.9 Å². The first-order valence-corrected chi connectivity index (χ1v) is 11.2. The third-order valence-corrected chi connectivity index (χ3v) is 6.34. The van der Waals surface area contributed by atoms with Gasteiger partial charge >= 0.3 is 0 Å². The van der Waals surface area contributed by atoms with Crippen LogP contribution in [0.15, 0.2) is 71.6 Å². The average Bonchev–Trinajstić information content (AvgIpc) is 2.75. The highest BCUT2D eigenvalue weighted by molar-refractivity contribution is 7.92. The smallest absolute Gasteiger partial charge is 0.273 e. The zero-order chi connectivity index (χ0) is 23.5. The lowest BCUT2D eigenvalue weighted by atomic mass is 10.1. The van der Waals surface area contributed by atoms with Gasteiger partial charge in [-0.05, 0) is 49.7 Å². The number of nitrogens with zero attached hydrogens (tertiary/aromatic N) is 2. The molecule has 0 saturated carbocycles. The van der Waals surface area contributed by atoms with Crippen molar-refractivity contribution in [3.05, 3.63) is 99.1 Å². The molecule has 0 radical (unpaired) electrons. The number of carbonyl (C=O) groups is 1. The summed E-state index contributed by atoms with van der Waals surface area (Å²) >= 11 is 0. The van der Waals surface area contributed by atoms with Crippen molar-refractivity contribution in [1.82, 2.24) is 4.90 Å². The van der Waals surface area contributed by atoms with Gasteiger partial charge in [0.25, 0.3) is 21.6 Å². The Morgan fingerprint density at radius 1 is 1.00 bits per heavy atom. The number of hydrogen-bond donors (Lipinski definition) is 1. The maximum absolute atomic E-state index is 12.7. The quantitative estimate of drug-likeness (QED) is 0.424. The Kier molecular flexibility index (Phi) is 6.59. The van der Waals surface area contributed by atoms with Gasteiger partial charge in [-0.25, -0.2) is 8.42 Å². The van der Waals surface area contributed by atoms with Crippen molar-refractivity contribution in [2.75, 3.05) is 11.8 Å². The number of benzene rings is 3. The van der Waals surface area contributed by atoms with Gasteiger partial charge in [-0.1, -0.05) is 35.9 Å². The molecule has 166 valence electrons. The number of rotatable bonds is 7. The van der Waals surface area contributed by atoms with E-state index in [0.29, 0.717) is 17.7 Å². The van der Waals surface area contributed by atoms with Crippen molar-refractivity contribution < 1.29 is 18.1 Å². The van der Waals surface area contributed by atoms with Crippen LogP contribution in [0.4, 0.5) is 11.4 Å². The summed E-state index contributed by atoms with van der Waals surface area (Å²) in [5.74, 6) is -0.200. The monoisotopic (exact) mass is 453 g/mol. The van der Waals surface area contributed by atoms with E-state index in [9.17, 15) is 23.3 Å². The Bertz CT molecular complexity index is 1250. The Hall–Kier alpha value is -3.72. The topological polar surface area (TPSA) is 110 Å². The molecule has 3 aromatic rings. The van der Waals surface area contributed by atoms with E-state index in [2.05, 4.69) is 4.72 Å². The summed E-state index contributed by atoms with van der Waals surface area (Å²) < 4.78 is 27.7. The molecular formula is C23H23N3O5S. The van der Waals surface area contributed by atoms with E-state index in [1.165, 1.54) is 43.3 Å². The first-order chi connectivity index (χ1) is 15.1. The van der Waals surface area contributed by atoms with Crippen LogP contribution in [-0.2, 0) is 16.6 Å². The molecular weight excluding hydrogens is 430 g/mol.